The quantitative estimate of drug-likeness (QED) is 0.859. The zero-order valence-electron chi connectivity index (χ0n) is 12.8. The first-order chi connectivity index (χ1) is 11.6. The van der Waals surface area contributed by atoms with Crippen LogP contribution in [0.5, 0.6) is 0 Å². The van der Waals surface area contributed by atoms with Gasteiger partial charge >= 0.3 is 0 Å². The van der Waals surface area contributed by atoms with Gasteiger partial charge in [-0.1, -0.05) is 24.3 Å². The summed E-state index contributed by atoms with van der Waals surface area (Å²) in [5.74, 6) is -1.56. The van der Waals surface area contributed by atoms with Crippen molar-refractivity contribution in [3.8, 4) is 0 Å². The average molecular weight is 326 g/mol. The summed E-state index contributed by atoms with van der Waals surface area (Å²) in [6.07, 6.45) is 0.396. The first kappa shape index (κ1) is 15.9. The fraction of sp³-hybridized carbons (Fsp3) is 0.167. The topological polar surface area (TPSA) is 66.5 Å². The van der Waals surface area contributed by atoms with E-state index < -0.39 is 5.82 Å². The van der Waals surface area contributed by atoms with Gasteiger partial charge in [-0.3, -0.25) is 19.3 Å². The lowest BCUT2D eigenvalue weighted by Crippen LogP contribution is -2.31. The minimum absolute atomic E-state index is 0.0851. The summed E-state index contributed by atoms with van der Waals surface area (Å²) in [6.45, 7) is 0.150. The molecule has 24 heavy (non-hydrogen) atoms. The van der Waals surface area contributed by atoms with Crippen LogP contribution in [0.1, 0.15) is 33.6 Å². The van der Waals surface area contributed by atoms with E-state index in [1.165, 1.54) is 18.2 Å². The molecule has 1 heterocycles. The maximum absolute atomic E-state index is 13.5. The van der Waals surface area contributed by atoms with Crippen LogP contribution in [-0.2, 0) is 4.79 Å². The lowest BCUT2D eigenvalue weighted by atomic mass is 10.1. The number of imide groups is 1. The zero-order valence-corrected chi connectivity index (χ0v) is 12.8. The van der Waals surface area contributed by atoms with Gasteiger partial charge in [0.1, 0.15) is 5.82 Å². The Bertz CT molecular complexity index is 784. The van der Waals surface area contributed by atoms with Gasteiger partial charge in [-0.15, -0.1) is 0 Å². The van der Waals surface area contributed by atoms with Gasteiger partial charge in [0.25, 0.3) is 11.8 Å². The number of amides is 3. The molecule has 2 aromatic carbocycles. The fourth-order valence-electron chi connectivity index (χ4n) is 2.62. The molecule has 0 fully saturated rings. The van der Waals surface area contributed by atoms with E-state index >= 15 is 0 Å². The molecule has 5 nitrogen and oxygen atoms in total. The third kappa shape index (κ3) is 3.03. The molecular weight excluding hydrogens is 311 g/mol. The third-order valence-corrected chi connectivity index (χ3v) is 3.81. The highest BCUT2D eigenvalue weighted by molar-refractivity contribution is 6.21. The molecule has 1 aliphatic rings. The first-order valence-electron chi connectivity index (χ1n) is 7.57. The molecule has 1 aliphatic heterocycles. The summed E-state index contributed by atoms with van der Waals surface area (Å²) in [5, 5.41) is 2.47. The predicted molar refractivity (Wildman–Crippen MR) is 86.1 cm³/mol. The van der Waals surface area contributed by atoms with E-state index in [0.29, 0.717) is 17.5 Å². The van der Waals surface area contributed by atoms with E-state index in [0.717, 1.165) is 4.90 Å². The zero-order chi connectivity index (χ0) is 17.1. The molecule has 0 aromatic heterocycles. The number of carbonyl (C=O) groups excluding carboxylic acids is 3. The normalized spacial score (nSPS) is 13.1. The Labute approximate surface area is 138 Å². The number of carbonyl (C=O) groups is 3. The monoisotopic (exact) mass is 326 g/mol. The molecule has 2 aromatic rings. The molecule has 0 aliphatic carbocycles. The van der Waals surface area contributed by atoms with Gasteiger partial charge in [0, 0.05) is 13.0 Å². The summed E-state index contributed by atoms with van der Waals surface area (Å²) in [5.41, 5.74) is 0.889. The number of hydrogen-bond acceptors (Lipinski definition) is 3. The van der Waals surface area contributed by atoms with Crippen LogP contribution in [0, 0.1) is 5.82 Å². The molecule has 122 valence electrons. The molecule has 0 saturated heterocycles. The summed E-state index contributed by atoms with van der Waals surface area (Å²) in [4.78, 5) is 37.3. The maximum Gasteiger partial charge on any atom is 0.261 e. The van der Waals surface area contributed by atoms with Crippen molar-refractivity contribution >= 4 is 23.4 Å². The van der Waals surface area contributed by atoms with Crippen LogP contribution in [-0.4, -0.2) is 29.2 Å². The van der Waals surface area contributed by atoms with E-state index in [9.17, 15) is 18.8 Å². The van der Waals surface area contributed by atoms with Crippen molar-refractivity contribution < 1.29 is 18.8 Å². The predicted octanol–water partition coefficient (Wildman–Crippen LogP) is 2.84. The van der Waals surface area contributed by atoms with Crippen molar-refractivity contribution in [1.29, 1.82) is 0 Å². The van der Waals surface area contributed by atoms with Crippen molar-refractivity contribution in [3.05, 3.63) is 65.5 Å². The lowest BCUT2D eigenvalue weighted by molar-refractivity contribution is -0.116. The number of hydrogen-bond donors (Lipinski definition) is 1. The summed E-state index contributed by atoms with van der Waals surface area (Å²) in [6, 6.07) is 12.5. The van der Waals surface area contributed by atoms with Gasteiger partial charge in [-0.05, 0) is 30.7 Å². The van der Waals surface area contributed by atoms with E-state index in [1.54, 1.807) is 30.3 Å². The van der Waals surface area contributed by atoms with Crippen molar-refractivity contribution in [2.75, 3.05) is 11.9 Å². The third-order valence-electron chi connectivity index (χ3n) is 3.81. The number of fused-ring (bicyclic) bond motifs is 1. The second-order valence-corrected chi connectivity index (χ2v) is 5.44. The van der Waals surface area contributed by atoms with Gasteiger partial charge in [-0.2, -0.15) is 0 Å². The number of para-hydroxylation sites is 1. The van der Waals surface area contributed by atoms with Gasteiger partial charge in [0.15, 0.2) is 0 Å². The number of rotatable bonds is 5. The van der Waals surface area contributed by atoms with Crippen LogP contribution < -0.4 is 5.32 Å². The number of nitrogens with zero attached hydrogens (tertiary/aromatic N) is 1. The van der Waals surface area contributed by atoms with Crippen LogP contribution in [0.15, 0.2) is 48.5 Å². The summed E-state index contributed by atoms with van der Waals surface area (Å²) < 4.78 is 13.5. The van der Waals surface area contributed by atoms with Crippen LogP contribution in [0.25, 0.3) is 0 Å². The lowest BCUT2D eigenvalue weighted by Gasteiger charge is -2.13. The molecular formula is C18H15FN2O3. The Kier molecular flexibility index (Phi) is 4.37. The van der Waals surface area contributed by atoms with Crippen LogP contribution in [0.3, 0.4) is 0 Å². The second kappa shape index (κ2) is 6.62. The van der Waals surface area contributed by atoms with E-state index in [-0.39, 0.29) is 36.4 Å². The van der Waals surface area contributed by atoms with Crippen LogP contribution in [0.4, 0.5) is 10.1 Å². The van der Waals surface area contributed by atoms with Gasteiger partial charge in [-0.25, -0.2) is 4.39 Å². The molecule has 0 atom stereocenters. The van der Waals surface area contributed by atoms with E-state index in [1.807, 2.05) is 0 Å². The Hall–Kier alpha value is -3.02. The molecule has 0 spiro atoms. The van der Waals surface area contributed by atoms with Crippen molar-refractivity contribution in [2.45, 2.75) is 12.8 Å². The SMILES string of the molecule is O=C(CCCN1C(=O)c2ccccc2C1=O)Nc1ccccc1F. The maximum atomic E-state index is 13.5. The highest BCUT2D eigenvalue weighted by atomic mass is 19.1. The highest BCUT2D eigenvalue weighted by Gasteiger charge is 2.34. The standard InChI is InChI=1S/C18H15FN2O3/c19-14-8-3-4-9-15(14)20-16(22)10-5-11-21-17(23)12-6-1-2-7-13(12)18(21)24/h1-4,6-9H,5,10-11H2,(H,20,22). The highest BCUT2D eigenvalue weighted by Crippen LogP contribution is 2.22. The minimum atomic E-state index is -0.508. The Balaban J connectivity index is 1.54. The Morgan fingerprint density at radius 1 is 0.958 bits per heavy atom. The molecule has 0 radical (unpaired) electrons. The minimum Gasteiger partial charge on any atom is -0.324 e. The number of anilines is 1. The van der Waals surface area contributed by atoms with Crippen molar-refractivity contribution in [1.82, 2.24) is 4.90 Å². The molecule has 6 heteroatoms. The van der Waals surface area contributed by atoms with Gasteiger partial charge in [0.2, 0.25) is 5.91 Å². The number of benzene rings is 2. The Morgan fingerprint density at radius 3 is 2.17 bits per heavy atom. The van der Waals surface area contributed by atoms with E-state index in [4.69, 9.17) is 0 Å². The van der Waals surface area contributed by atoms with Gasteiger partial charge in [0.05, 0.1) is 16.8 Å². The van der Waals surface area contributed by atoms with Gasteiger partial charge < -0.3 is 5.32 Å². The van der Waals surface area contributed by atoms with Crippen molar-refractivity contribution in [2.24, 2.45) is 0 Å². The molecule has 0 bridgehead atoms. The molecule has 3 amide bonds. The number of nitrogens with one attached hydrogen (secondary N) is 1. The average Bonchev–Trinajstić information content (AvgIpc) is 2.82. The smallest absolute Gasteiger partial charge is 0.261 e. The molecule has 1 N–H and O–H groups in total. The molecule has 0 saturated carbocycles. The number of halogens is 1. The van der Waals surface area contributed by atoms with Crippen molar-refractivity contribution in [3.63, 3.8) is 0 Å². The fourth-order valence-corrected chi connectivity index (χ4v) is 2.62. The summed E-state index contributed by atoms with van der Waals surface area (Å²) >= 11 is 0. The molecule has 0 unspecified atom stereocenters. The van der Waals surface area contributed by atoms with E-state index in [2.05, 4.69) is 5.32 Å². The Morgan fingerprint density at radius 2 is 1.54 bits per heavy atom. The summed E-state index contributed by atoms with van der Waals surface area (Å²) in [7, 11) is 0. The first-order valence-corrected chi connectivity index (χ1v) is 7.57. The largest absolute Gasteiger partial charge is 0.324 e. The van der Waals surface area contributed by atoms with Crippen LogP contribution in [0.2, 0.25) is 0 Å². The van der Waals surface area contributed by atoms with Crippen LogP contribution >= 0.6 is 0 Å². The second-order valence-electron chi connectivity index (χ2n) is 5.44. The molecule has 3 rings (SSSR count).